The topological polar surface area (TPSA) is 17.1 Å². The molecule has 1 aromatic heterocycles. The standard InChI is InChI=1S/C15H15BrOS/c1-10-3-4-12(7-11(10)2)8-13(17)9-15-14(16)5-6-18-15/h3-7H,8-9H2,1-2H3. The van der Waals surface area contributed by atoms with Gasteiger partial charge in [-0.1, -0.05) is 18.2 Å². The number of ketones is 1. The van der Waals surface area contributed by atoms with Crippen LogP contribution in [0.3, 0.4) is 0 Å². The summed E-state index contributed by atoms with van der Waals surface area (Å²) < 4.78 is 1.04. The Kier molecular flexibility index (Phi) is 4.36. The number of benzene rings is 1. The summed E-state index contributed by atoms with van der Waals surface area (Å²) in [5, 5.41) is 2.00. The second-order valence-electron chi connectivity index (χ2n) is 4.50. The zero-order valence-corrected chi connectivity index (χ0v) is 12.9. The van der Waals surface area contributed by atoms with E-state index in [0.29, 0.717) is 12.8 Å². The van der Waals surface area contributed by atoms with Crippen molar-refractivity contribution in [3.05, 3.63) is 55.7 Å². The Hall–Kier alpha value is -0.930. The van der Waals surface area contributed by atoms with Crippen LogP contribution >= 0.6 is 27.3 Å². The van der Waals surface area contributed by atoms with Gasteiger partial charge < -0.3 is 0 Å². The summed E-state index contributed by atoms with van der Waals surface area (Å²) in [6.07, 6.45) is 1.04. The Morgan fingerprint density at radius 1 is 1.17 bits per heavy atom. The Bertz CT molecular complexity index is 572. The molecule has 0 aliphatic rings. The molecule has 0 unspecified atom stereocenters. The van der Waals surface area contributed by atoms with Crippen LogP contribution in [0.15, 0.2) is 34.1 Å². The minimum atomic E-state index is 0.265. The van der Waals surface area contributed by atoms with Crippen LogP contribution in [0.5, 0.6) is 0 Å². The maximum Gasteiger partial charge on any atom is 0.142 e. The Labute approximate surface area is 120 Å². The smallest absolute Gasteiger partial charge is 0.142 e. The molecule has 0 amide bonds. The highest BCUT2D eigenvalue weighted by Crippen LogP contribution is 2.23. The molecule has 0 atom stereocenters. The highest BCUT2D eigenvalue weighted by Gasteiger charge is 2.09. The Balaban J connectivity index is 2.03. The lowest BCUT2D eigenvalue weighted by Crippen LogP contribution is -2.06. The maximum atomic E-state index is 12.0. The van der Waals surface area contributed by atoms with Crippen LogP contribution in [-0.4, -0.2) is 5.78 Å². The molecule has 0 saturated heterocycles. The number of thiophene rings is 1. The molecule has 0 spiro atoms. The molecule has 1 heterocycles. The van der Waals surface area contributed by atoms with Crippen LogP contribution in [0.1, 0.15) is 21.6 Å². The van der Waals surface area contributed by atoms with Gasteiger partial charge in [-0.3, -0.25) is 4.79 Å². The van der Waals surface area contributed by atoms with Gasteiger partial charge in [0, 0.05) is 22.2 Å². The highest BCUT2D eigenvalue weighted by molar-refractivity contribution is 9.10. The SMILES string of the molecule is Cc1ccc(CC(=O)Cc2sccc2Br)cc1C. The van der Waals surface area contributed by atoms with E-state index in [1.54, 1.807) is 11.3 Å². The third-order valence-corrected chi connectivity index (χ3v) is 4.95. The first-order chi connectivity index (χ1) is 8.56. The fourth-order valence-corrected chi connectivity index (χ4v) is 3.35. The molecule has 0 radical (unpaired) electrons. The number of rotatable bonds is 4. The molecule has 0 aliphatic heterocycles. The minimum absolute atomic E-state index is 0.265. The van der Waals surface area contributed by atoms with E-state index in [1.165, 1.54) is 11.1 Å². The van der Waals surface area contributed by atoms with Crippen molar-refractivity contribution in [2.24, 2.45) is 0 Å². The van der Waals surface area contributed by atoms with E-state index in [-0.39, 0.29) is 5.78 Å². The van der Waals surface area contributed by atoms with E-state index in [2.05, 4.69) is 41.9 Å². The average Bonchev–Trinajstić information content (AvgIpc) is 2.70. The molecule has 0 saturated carbocycles. The number of carbonyl (C=O) groups is 1. The van der Waals surface area contributed by atoms with Crippen LogP contribution in [0.4, 0.5) is 0 Å². The van der Waals surface area contributed by atoms with Gasteiger partial charge in [-0.15, -0.1) is 11.3 Å². The number of hydrogen-bond donors (Lipinski definition) is 0. The molecule has 94 valence electrons. The van der Waals surface area contributed by atoms with E-state index in [0.717, 1.165) is 14.9 Å². The van der Waals surface area contributed by atoms with Crippen molar-refractivity contribution in [3.8, 4) is 0 Å². The van der Waals surface area contributed by atoms with Crippen molar-refractivity contribution in [1.29, 1.82) is 0 Å². The molecule has 2 aromatic rings. The van der Waals surface area contributed by atoms with Crippen LogP contribution in [-0.2, 0) is 17.6 Å². The van der Waals surface area contributed by atoms with E-state index in [4.69, 9.17) is 0 Å². The summed E-state index contributed by atoms with van der Waals surface area (Å²) in [5.74, 6) is 0.265. The summed E-state index contributed by atoms with van der Waals surface area (Å²) in [6, 6.07) is 8.22. The van der Waals surface area contributed by atoms with E-state index in [9.17, 15) is 4.79 Å². The van der Waals surface area contributed by atoms with Gasteiger partial charge in [0.25, 0.3) is 0 Å². The third-order valence-electron chi connectivity index (χ3n) is 3.02. The van der Waals surface area contributed by atoms with Crippen molar-refractivity contribution >= 4 is 33.0 Å². The summed E-state index contributed by atoms with van der Waals surface area (Å²) in [6.45, 7) is 4.17. The molecule has 0 bridgehead atoms. The predicted octanol–water partition coefficient (Wildman–Crippen LogP) is 4.48. The summed E-state index contributed by atoms with van der Waals surface area (Å²) in [7, 11) is 0. The van der Waals surface area contributed by atoms with E-state index < -0.39 is 0 Å². The monoisotopic (exact) mass is 322 g/mol. The van der Waals surface area contributed by atoms with Crippen LogP contribution in [0.25, 0.3) is 0 Å². The van der Waals surface area contributed by atoms with Gasteiger partial charge in [0.2, 0.25) is 0 Å². The summed E-state index contributed by atoms with van der Waals surface area (Å²) in [5.41, 5.74) is 3.63. The predicted molar refractivity (Wildman–Crippen MR) is 80.4 cm³/mol. The quantitative estimate of drug-likeness (QED) is 0.811. The molecule has 18 heavy (non-hydrogen) atoms. The number of hydrogen-bond acceptors (Lipinski definition) is 2. The first kappa shape index (κ1) is 13.5. The van der Waals surface area contributed by atoms with Crippen LogP contribution in [0, 0.1) is 13.8 Å². The lowest BCUT2D eigenvalue weighted by atomic mass is 10.0. The number of aryl methyl sites for hydroxylation is 2. The van der Waals surface area contributed by atoms with Crippen LogP contribution in [0.2, 0.25) is 0 Å². The zero-order chi connectivity index (χ0) is 13.1. The van der Waals surface area contributed by atoms with E-state index in [1.807, 2.05) is 17.5 Å². The van der Waals surface area contributed by atoms with Crippen molar-refractivity contribution in [2.75, 3.05) is 0 Å². The number of carbonyl (C=O) groups excluding carboxylic acids is 1. The van der Waals surface area contributed by atoms with Gasteiger partial charge in [-0.05, 0) is 57.9 Å². The first-order valence-electron chi connectivity index (χ1n) is 5.86. The molecule has 1 nitrogen and oxygen atoms in total. The molecule has 0 N–H and O–H groups in total. The van der Waals surface area contributed by atoms with Crippen molar-refractivity contribution in [2.45, 2.75) is 26.7 Å². The van der Waals surface area contributed by atoms with Gasteiger partial charge >= 0.3 is 0 Å². The van der Waals surface area contributed by atoms with Crippen molar-refractivity contribution in [1.82, 2.24) is 0 Å². The third kappa shape index (κ3) is 3.30. The molecular formula is C15H15BrOS. The normalized spacial score (nSPS) is 10.6. The van der Waals surface area contributed by atoms with Gasteiger partial charge in [-0.25, -0.2) is 0 Å². The molecular weight excluding hydrogens is 308 g/mol. The first-order valence-corrected chi connectivity index (χ1v) is 7.53. The number of Topliss-reactive ketones (excluding diaryl/α,β-unsaturated/α-hetero) is 1. The fraction of sp³-hybridized carbons (Fsp3) is 0.267. The highest BCUT2D eigenvalue weighted by atomic mass is 79.9. The molecule has 3 heteroatoms. The lowest BCUT2D eigenvalue weighted by Gasteiger charge is -2.04. The molecule has 2 rings (SSSR count). The van der Waals surface area contributed by atoms with Crippen LogP contribution < -0.4 is 0 Å². The second-order valence-corrected chi connectivity index (χ2v) is 6.36. The zero-order valence-electron chi connectivity index (χ0n) is 10.5. The van der Waals surface area contributed by atoms with Crippen molar-refractivity contribution in [3.63, 3.8) is 0 Å². The second kappa shape index (κ2) is 5.81. The van der Waals surface area contributed by atoms with Gasteiger partial charge in [0.15, 0.2) is 0 Å². The fourth-order valence-electron chi connectivity index (χ4n) is 1.83. The van der Waals surface area contributed by atoms with Gasteiger partial charge in [0.1, 0.15) is 5.78 Å². The van der Waals surface area contributed by atoms with E-state index >= 15 is 0 Å². The molecule has 1 aromatic carbocycles. The number of halogens is 1. The Morgan fingerprint density at radius 2 is 1.94 bits per heavy atom. The van der Waals surface area contributed by atoms with Crippen molar-refractivity contribution < 1.29 is 4.79 Å². The average molecular weight is 323 g/mol. The van der Waals surface area contributed by atoms with Gasteiger partial charge in [0.05, 0.1) is 0 Å². The summed E-state index contributed by atoms with van der Waals surface area (Å²) >= 11 is 5.09. The minimum Gasteiger partial charge on any atom is -0.299 e. The maximum absolute atomic E-state index is 12.0. The molecule has 0 aliphatic carbocycles. The van der Waals surface area contributed by atoms with Gasteiger partial charge in [-0.2, -0.15) is 0 Å². The largest absolute Gasteiger partial charge is 0.299 e. The summed E-state index contributed by atoms with van der Waals surface area (Å²) in [4.78, 5) is 13.1. The Morgan fingerprint density at radius 3 is 2.56 bits per heavy atom. The lowest BCUT2D eigenvalue weighted by molar-refractivity contribution is -0.117. The molecule has 0 fully saturated rings.